The molecule has 0 radical (unpaired) electrons. The third-order valence-corrected chi connectivity index (χ3v) is 5.33. The van der Waals surface area contributed by atoms with Gasteiger partial charge in [0, 0.05) is 30.4 Å². The van der Waals surface area contributed by atoms with Crippen LogP contribution in [0.5, 0.6) is 5.88 Å². The van der Waals surface area contributed by atoms with E-state index < -0.39 is 48.9 Å². The number of alkyl halides is 3. The summed E-state index contributed by atoms with van der Waals surface area (Å²) in [7, 11) is 1.45. The lowest BCUT2D eigenvalue weighted by Gasteiger charge is -2.26. The molecule has 11 nitrogen and oxygen atoms in total. The van der Waals surface area contributed by atoms with Crippen molar-refractivity contribution in [3.05, 3.63) is 41.1 Å². The number of ether oxygens (including phenoxy) is 2. The first-order valence-corrected chi connectivity index (χ1v) is 11.0. The van der Waals surface area contributed by atoms with Gasteiger partial charge in [0.05, 0.1) is 17.7 Å². The second-order valence-electron chi connectivity index (χ2n) is 8.23. The average Bonchev–Trinajstić information content (AvgIpc) is 2.91. The van der Waals surface area contributed by atoms with E-state index in [1.165, 1.54) is 31.0 Å². The maximum atomic E-state index is 13.3. The van der Waals surface area contributed by atoms with Gasteiger partial charge in [0.15, 0.2) is 6.61 Å². The lowest BCUT2D eigenvalue weighted by molar-refractivity contribution is -0.202. The summed E-state index contributed by atoms with van der Waals surface area (Å²) in [5.74, 6) is 0.577. The molecule has 0 bridgehead atoms. The van der Waals surface area contributed by atoms with Crippen molar-refractivity contribution in [3.63, 3.8) is 0 Å². The third-order valence-electron chi connectivity index (χ3n) is 5.33. The van der Waals surface area contributed by atoms with Gasteiger partial charge in [-0.3, -0.25) is 14.4 Å². The Hall–Kier alpha value is -4.67. The van der Waals surface area contributed by atoms with E-state index in [2.05, 4.69) is 26.5 Å². The number of hydrogen-bond donors (Lipinski definition) is 1. The van der Waals surface area contributed by atoms with Crippen LogP contribution in [0.15, 0.2) is 24.3 Å². The SMILES string of the molecule is Cc1cc(OCC#Cc2ccc3c(c2)C(=O)N(C(C)CC(=O)OC(=O)C(F)(F)F)CC(=O)N3C)nc(N)n1. The number of nitrogen functional groups attached to an aromatic ring is 1. The molecule has 3 rings (SSSR count). The zero-order valence-corrected chi connectivity index (χ0v) is 20.5. The lowest BCUT2D eigenvalue weighted by Crippen LogP contribution is -2.44. The summed E-state index contributed by atoms with van der Waals surface area (Å²) in [6.07, 6.45) is -6.09. The Labute approximate surface area is 214 Å². The summed E-state index contributed by atoms with van der Waals surface area (Å²) in [4.78, 5) is 58.9. The number of benzene rings is 1. The number of halogens is 3. The highest BCUT2D eigenvalue weighted by molar-refractivity contribution is 6.09. The predicted molar refractivity (Wildman–Crippen MR) is 126 cm³/mol. The number of nitrogens with zero attached hydrogens (tertiary/aromatic N) is 4. The largest absolute Gasteiger partial charge is 0.491 e. The molecule has 1 aliphatic heterocycles. The van der Waals surface area contributed by atoms with Gasteiger partial charge in [0.25, 0.3) is 5.91 Å². The minimum absolute atomic E-state index is 0.0508. The van der Waals surface area contributed by atoms with Gasteiger partial charge in [-0.25, -0.2) is 9.78 Å². The zero-order chi connectivity index (χ0) is 28.2. The number of rotatable bonds is 5. The van der Waals surface area contributed by atoms with Crippen molar-refractivity contribution in [2.24, 2.45) is 0 Å². The number of hydrogen-bond acceptors (Lipinski definition) is 9. The summed E-state index contributed by atoms with van der Waals surface area (Å²) in [6, 6.07) is 5.07. The van der Waals surface area contributed by atoms with Gasteiger partial charge in [-0.2, -0.15) is 18.2 Å². The lowest BCUT2D eigenvalue weighted by atomic mass is 10.1. The molecule has 2 N–H and O–H groups in total. The summed E-state index contributed by atoms with van der Waals surface area (Å²) in [5, 5.41) is 0. The zero-order valence-electron chi connectivity index (χ0n) is 20.5. The molecule has 1 atom stereocenters. The van der Waals surface area contributed by atoms with Crippen molar-refractivity contribution >= 4 is 35.4 Å². The van der Waals surface area contributed by atoms with Crippen molar-refractivity contribution in [2.45, 2.75) is 32.5 Å². The molecule has 14 heteroatoms. The van der Waals surface area contributed by atoms with Gasteiger partial charge in [0.2, 0.25) is 17.7 Å². The molecule has 1 unspecified atom stereocenters. The highest BCUT2D eigenvalue weighted by Crippen LogP contribution is 2.27. The molecule has 0 saturated heterocycles. The molecule has 0 fully saturated rings. The summed E-state index contributed by atoms with van der Waals surface area (Å²) >= 11 is 0. The summed E-state index contributed by atoms with van der Waals surface area (Å²) in [5.41, 5.74) is 6.95. The first-order chi connectivity index (χ1) is 17.8. The number of aromatic nitrogens is 2. The summed E-state index contributed by atoms with van der Waals surface area (Å²) in [6.45, 7) is 2.56. The number of anilines is 2. The number of amides is 2. The maximum absolute atomic E-state index is 13.3. The van der Waals surface area contributed by atoms with Gasteiger partial charge in [-0.1, -0.05) is 11.8 Å². The van der Waals surface area contributed by atoms with Crippen LogP contribution in [0, 0.1) is 18.8 Å². The average molecular weight is 533 g/mol. The van der Waals surface area contributed by atoms with Crippen LogP contribution in [0.1, 0.15) is 35.0 Å². The number of aryl methyl sites for hydroxylation is 1. The normalized spacial score (nSPS) is 14.2. The molecule has 1 aliphatic rings. The first kappa shape index (κ1) is 27.9. The smallest absolute Gasteiger partial charge is 0.464 e. The molecule has 1 aromatic carbocycles. The molecule has 38 heavy (non-hydrogen) atoms. The number of esters is 2. The van der Waals surface area contributed by atoms with Crippen molar-refractivity contribution in [2.75, 3.05) is 30.8 Å². The Morgan fingerprint density at radius 3 is 2.58 bits per heavy atom. The van der Waals surface area contributed by atoms with E-state index in [-0.39, 0.29) is 29.7 Å². The fourth-order valence-electron chi connectivity index (χ4n) is 3.48. The Bertz CT molecular complexity index is 1330. The minimum atomic E-state index is -5.35. The van der Waals surface area contributed by atoms with E-state index in [1.807, 2.05) is 0 Å². The molecule has 0 saturated carbocycles. The van der Waals surface area contributed by atoms with Crippen LogP contribution in [-0.4, -0.2) is 71.0 Å². The van der Waals surface area contributed by atoms with Crippen LogP contribution in [0.2, 0.25) is 0 Å². The van der Waals surface area contributed by atoms with Crippen LogP contribution < -0.4 is 15.4 Å². The highest BCUT2D eigenvalue weighted by Gasteiger charge is 2.43. The van der Waals surface area contributed by atoms with E-state index >= 15 is 0 Å². The van der Waals surface area contributed by atoms with Gasteiger partial charge in [0.1, 0.15) is 6.54 Å². The topological polar surface area (TPSA) is 145 Å². The van der Waals surface area contributed by atoms with E-state index in [9.17, 15) is 32.3 Å². The van der Waals surface area contributed by atoms with E-state index in [4.69, 9.17) is 10.5 Å². The molecule has 2 aromatic rings. The molecule has 0 aliphatic carbocycles. The van der Waals surface area contributed by atoms with E-state index in [0.29, 0.717) is 11.3 Å². The summed E-state index contributed by atoms with van der Waals surface area (Å²) < 4.78 is 46.4. The number of carbonyl (C=O) groups excluding carboxylic acids is 4. The fourth-order valence-corrected chi connectivity index (χ4v) is 3.48. The van der Waals surface area contributed by atoms with Crippen LogP contribution >= 0.6 is 0 Å². The second-order valence-corrected chi connectivity index (χ2v) is 8.23. The number of likely N-dealkylation sites (N-methyl/N-ethyl adjacent to an activating group) is 1. The Kier molecular flexibility index (Phi) is 8.20. The number of fused-ring (bicyclic) bond motifs is 1. The fraction of sp³-hybridized carbons (Fsp3) is 0.333. The van der Waals surface area contributed by atoms with E-state index in [0.717, 1.165) is 4.90 Å². The van der Waals surface area contributed by atoms with Crippen molar-refractivity contribution < 1.29 is 41.8 Å². The predicted octanol–water partition coefficient (Wildman–Crippen LogP) is 1.63. The van der Waals surface area contributed by atoms with Crippen LogP contribution in [0.25, 0.3) is 0 Å². The van der Waals surface area contributed by atoms with Gasteiger partial charge in [-0.05, 0) is 32.0 Å². The van der Waals surface area contributed by atoms with Gasteiger partial charge < -0.3 is 25.0 Å². The van der Waals surface area contributed by atoms with Gasteiger partial charge in [-0.15, -0.1) is 0 Å². The monoisotopic (exact) mass is 533 g/mol. The Morgan fingerprint density at radius 2 is 1.92 bits per heavy atom. The molecule has 1 aromatic heterocycles. The molecular weight excluding hydrogens is 511 g/mol. The Balaban J connectivity index is 1.77. The van der Waals surface area contributed by atoms with Gasteiger partial charge >= 0.3 is 18.1 Å². The van der Waals surface area contributed by atoms with Crippen molar-refractivity contribution in [1.82, 2.24) is 14.9 Å². The first-order valence-electron chi connectivity index (χ1n) is 11.0. The Morgan fingerprint density at radius 1 is 1.21 bits per heavy atom. The third kappa shape index (κ3) is 6.75. The van der Waals surface area contributed by atoms with Crippen LogP contribution in [0.3, 0.4) is 0 Å². The van der Waals surface area contributed by atoms with E-state index in [1.54, 1.807) is 19.1 Å². The molecular formula is C24H22F3N5O6. The molecule has 200 valence electrons. The highest BCUT2D eigenvalue weighted by atomic mass is 19.4. The minimum Gasteiger partial charge on any atom is -0.464 e. The number of nitrogens with two attached hydrogens (primary N) is 1. The van der Waals surface area contributed by atoms with Crippen LogP contribution in [-0.2, 0) is 19.1 Å². The quantitative estimate of drug-likeness (QED) is 0.344. The molecule has 0 spiro atoms. The van der Waals surface area contributed by atoms with Crippen molar-refractivity contribution in [3.8, 4) is 17.7 Å². The maximum Gasteiger partial charge on any atom is 0.491 e. The second kappa shape index (κ2) is 11.2. The number of carbonyl (C=O) groups is 4. The standard InChI is InChI=1S/C24H22F3N5O6/c1-13-9-18(30-23(28)29-13)37-8-4-5-15-6-7-17-16(11-15)21(35)32(12-19(33)31(17)3)14(2)10-20(34)38-22(36)24(25,26)27/h6-7,9,11,14H,8,10,12H2,1-3H3,(H2,28,29,30). The molecule has 2 amide bonds. The van der Waals surface area contributed by atoms with Crippen molar-refractivity contribution in [1.29, 1.82) is 0 Å². The van der Waals surface area contributed by atoms with Crippen LogP contribution in [0.4, 0.5) is 24.8 Å². The molecule has 2 heterocycles.